The molecule has 0 radical (unpaired) electrons. The van der Waals surface area contributed by atoms with Crippen LogP contribution in [-0.4, -0.2) is 17.6 Å². The Morgan fingerprint density at radius 2 is 1.06 bits per heavy atom. The molecule has 0 aliphatic rings. The highest BCUT2D eigenvalue weighted by Gasteiger charge is 2.30. The van der Waals surface area contributed by atoms with Crippen LogP contribution in [0.4, 0.5) is 0 Å². The van der Waals surface area contributed by atoms with Gasteiger partial charge in [-0.15, -0.1) is 34.8 Å². The summed E-state index contributed by atoms with van der Waals surface area (Å²) in [6, 6.07) is 0. The zero-order chi connectivity index (χ0) is 13.0. The Hall–Kier alpha value is -0.820. The van der Waals surface area contributed by atoms with Crippen LogP contribution in [0.1, 0.15) is 0 Å². The standard InChI is InChI=1S/C9H6Cl3O4P/c10-4-1-7-14-17(13,15-8-2-5-11)16-9-3-6-12/h4-6H2. The first-order chi connectivity index (χ1) is 8.18. The summed E-state index contributed by atoms with van der Waals surface area (Å²) in [5, 5.41) is 0. The minimum absolute atomic E-state index is 0.000711. The van der Waals surface area contributed by atoms with Crippen LogP contribution in [0.15, 0.2) is 0 Å². The second kappa shape index (κ2) is 10.3. The Morgan fingerprint density at radius 3 is 1.29 bits per heavy atom. The molecule has 0 saturated heterocycles. The van der Waals surface area contributed by atoms with E-state index in [0.29, 0.717) is 0 Å². The number of alkyl halides is 3. The van der Waals surface area contributed by atoms with Gasteiger partial charge in [-0.25, -0.2) is 0 Å². The molecular formula is C9H6Cl3O4P. The summed E-state index contributed by atoms with van der Waals surface area (Å²) < 4.78 is 25.3. The second-order valence-corrected chi connectivity index (χ2v) is 4.20. The summed E-state index contributed by atoms with van der Waals surface area (Å²) in [5.41, 5.74) is 0. The van der Waals surface area contributed by atoms with Crippen molar-refractivity contribution in [2.24, 2.45) is 0 Å². The average Bonchev–Trinajstić information content (AvgIpc) is 2.30. The molecule has 0 saturated carbocycles. The van der Waals surface area contributed by atoms with Crippen LogP contribution < -0.4 is 0 Å². The Bertz CT molecular complexity index is 379. The van der Waals surface area contributed by atoms with Gasteiger partial charge in [0.2, 0.25) is 0 Å². The van der Waals surface area contributed by atoms with E-state index in [4.69, 9.17) is 34.8 Å². The van der Waals surface area contributed by atoms with Crippen molar-refractivity contribution in [1.82, 2.24) is 0 Å². The highest BCUT2D eigenvalue weighted by Crippen LogP contribution is 2.48. The molecule has 4 nitrogen and oxygen atoms in total. The van der Waals surface area contributed by atoms with Gasteiger partial charge in [-0.05, 0) is 17.8 Å². The summed E-state index contributed by atoms with van der Waals surface area (Å²) >= 11 is 15.8. The molecule has 0 spiro atoms. The fourth-order valence-corrected chi connectivity index (χ4v) is 1.21. The molecule has 0 aliphatic heterocycles. The van der Waals surface area contributed by atoms with Gasteiger partial charge in [-0.2, -0.15) is 4.57 Å². The van der Waals surface area contributed by atoms with Crippen molar-refractivity contribution in [3.8, 4) is 36.1 Å². The van der Waals surface area contributed by atoms with Crippen molar-refractivity contribution < 1.29 is 18.1 Å². The molecular weight excluding hydrogens is 309 g/mol. The lowest BCUT2D eigenvalue weighted by Crippen LogP contribution is -1.90. The molecule has 0 atom stereocenters. The molecule has 8 heteroatoms. The van der Waals surface area contributed by atoms with Crippen LogP contribution in [0.25, 0.3) is 0 Å². The van der Waals surface area contributed by atoms with Crippen molar-refractivity contribution in [2.45, 2.75) is 0 Å². The monoisotopic (exact) mass is 314 g/mol. The van der Waals surface area contributed by atoms with Crippen molar-refractivity contribution in [3.05, 3.63) is 0 Å². The van der Waals surface area contributed by atoms with Crippen LogP contribution in [-0.2, 0) is 18.1 Å². The van der Waals surface area contributed by atoms with Gasteiger partial charge in [0.05, 0.1) is 17.6 Å². The molecule has 0 aromatic rings. The quantitative estimate of drug-likeness (QED) is 0.456. The number of rotatable bonds is 3. The molecule has 0 rings (SSSR count). The zero-order valence-corrected chi connectivity index (χ0v) is 11.5. The number of hydrogen-bond acceptors (Lipinski definition) is 4. The summed E-state index contributed by atoms with van der Waals surface area (Å²) in [7, 11) is -4.01. The van der Waals surface area contributed by atoms with Gasteiger partial charge in [-0.1, -0.05) is 0 Å². The first kappa shape index (κ1) is 16.2. The normalized spacial score (nSPS) is 8.41. The van der Waals surface area contributed by atoms with E-state index in [9.17, 15) is 4.57 Å². The summed E-state index contributed by atoms with van der Waals surface area (Å²) in [6.07, 6.45) is 6.10. The topological polar surface area (TPSA) is 44.8 Å². The molecule has 0 heterocycles. The first-order valence-electron chi connectivity index (χ1n) is 3.96. The van der Waals surface area contributed by atoms with Crippen LogP contribution >= 0.6 is 42.6 Å². The number of phosphoric acid groups is 1. The lowest BCUT2D eigenvalue weighted by atomic mass is 10.8. The van der Waals surface area contributed by atoms with E-state index in [-0.39, 0.29) is 17.6 Å². The van der Waals surface area contributed by atoms with Crippen LogP contribution in [0.2, 0.25) is 0 Å². The predicted octanol–water partition coefficient (Wildman–Crippen LogP) is 2.74. The second-order valence-electron chi connectivity index (χ2n) is 1.96. The maximum absolute atomic E-state index is 11.7. The van der Waals surface area contributed by atoms with Gasteiger partial charge >= 0.3 is 7.82 Å². The van der Waals surface area contributed by atoms with Crippen molar-refractivity contribution in [1.29, 1.82) is 0 Å². The Morgan fingerprint density at radius 1 is 0.765 bits per heavy atom. The van der Waals surface area contributed by atoms with Gasteiger partial charge in [0.25, 0.3) is 0 Å². The highest BCUT2D eigenvalue weighted by atomic mass is 35.5. The third-order valence-corrected chi connectivity index (χ3v) is 2.23. The van der Waals surface area contributed by atoms with E-state index in [1.165, 1.54) is 0 Å². The number of hydrogen-bond donors (Lipinski definition) is 0. The molecule has 0 bridgehead atoms. The van der Waals surface area contributed by atoms with E-state index >= 15 is 0 Å². The van der Waals surface area contributed by atoms with Gasteiger partial charge < -0.3 is 13.6 Å². The van der Waals surface area contributed by atoms with Gasteiger partial charge in [0.1, 0.15) is 18.3 Å². The van der Waals surface area contributed by atoms with Gasteiger partial charge in [0, 0.05) is 0 Å². The molecule has 0 aliphatic carbocycles. The largest absolute Gasteiger partial charge is 0.673 e. The smallest absolute Gasteiger partial charge is 0.331 e. The maximum Gasteiger partial charge on any atom is 0.673 e. The van der Waals surface area contributed by atoms with Gasteiger partial charge in [0.15, 0.2) is 0 Å². The van der Waals surface area contributed by atoms with Crippen molar-refractivity contribution >= 4 is 42.6 Å². The Labute approximate surface area is 114 Å². The van der Waals surface area contributed by atoms with Crippen LogP contribution in [0.5, 0.6) is 0 Å². The Kier molecular flexibility index (Phi) is 9.84. The number of halogens is 3. The summed E-state index contributed by atoms with van der Waals surface area (Å²) in [6.45, 7) is 0. The van der Waals surface area contributed by atoms with E-state index < -0.39 is 7.82 Å². The third-order valence-electron chi connectivity index (χ3n) is 0.889. The molecule has 0 aromatic carbocycles. The lowest BCUT2D eigenvalue weighted by molar-refractivity contribution is 0.258. The molecule has 0 amide bonds. The fraction of sp³-hybridized carbons (Fsp3) is 0.333. The first-order valence-corrected chi connectivity index (χ1v) is 7.02. The molecule has 0 N–H and O–H groups in total. The summed E-state index contributed by atoms with van der Waals surface area (Å²) in [5.74, 6) is 6.89. The van der Waals surface area contributed by atoms with Gasteiger partial charge in [-0.3, -0.25) is 0 Å². The minimum Gasteiger partial charge on any atom is -0.331 e. The van der Waals surface area contributed by atoms with Crippen molar-refractivity contribution in [3.63, 3.8) is 0 Å². The molecule has 0 fully saturated rings. The van der Waals surface area contributed by atoms with E-state index in [0.717, 1.165) is 0 Å². The van der Waals surface area contributed by atoms with Crippen LogP contribution in [0, 0.1) is 36.1 Å². The summed E-state index contributed by atoms with van der Waals surface area (Å²) in [4.78, 5) is 0. The van der Waals surface area contributed by atoms with E-state index in [1.54, 1.807) is 0 Å². The number of phosphoric ester groups is 1. The highest BCUT2D eigenvalue weighted by molar-refractivity contribution is 7.49. The molecule has 0 aromatic heterocycles. The Balaban J connectivity index is 4.61. The molecule has 0 unspecified atom stereocenters. The van der Waals surface area contributed by atoms with E-state index in [2.05, 4.69) is 31.3 Å². The maximum atomic E-state index is 11.7. The van der Waals surface area contributed by atoms with E-state index in [1.807, 2.05) is 18.3 Å². The molecule has 92 valence electrons. The zero-order valence-electron chi connectivity index (χ0n) is 8.34. The third kappa shape index (κ3) is 8.93. The lowest BCUT2D eigenvalue weighted by Gasteiger charge is -2.06. The minimum atomic E-state index is -4.01. The van der Waals surface area contributed by atoms with Crippen molar-refractivity contribution in [2.75, 3.05) is 17.6 Å². The predicted molar refractivity (Wildman–Crippen MR) is 66.3 cm³/mol. The molecule has 17 heavy (non-hydrogen) atoms. The fourth-order valence-electron chi connectivity index (χ4n) is 0.402. The van der Waals surface area contributed by atoms with Crippen LogP contribution in [0.3, 0.4) is 0 Å². The SMILES string of the molecule is O=P(OC#CCCl)(OC#CCCl)OC#CCCl. The average molecular weight is 315 g/mol.